The van der Waals surface area contributed by atoms with Crippen LogP contribution in [-0.4, -0.2) is 39.6 Å². The van der Waals surface area contributed by atoms with Gasteiger partial charge >= 0.3 is 0 Å². The molecule has 1 aromatic carbocycles. The van der Waals surface area contributed by atoms with Gasteiger partial charge in [0.05, 0.1) is 17.8 Å². The van der Waals surface area contributed by atoms with Crippen molar-refractivity contribution in [2.45, 2.75) is 57.7 Å². The first-order valence-corrected chi connectivity index (χ1v) is 9.66. The smallest absolute Gasteiger partial charge is 0.274 e. The van der Waals surface area contributed by atoms with Gasteiger partial charge in [0.2, 0.25) is 0 Å². The fourth-order valence-corrected chi connectivity index (χ4v) is 4.11. The third-order valence-electron chi connectivity index (χ3n) is 5.48. The zero-order valence-corrected chi connectivity index (χ0v) is 17.4. The maximum Gasteiger partial charge on any atom is 0.274 e. The number of rotatable bonds is 3. The highest BCUT2D eigenvalue weighted by Crippen LogP contribution is 2.39. The number of nitrogens with one attached hydrogen (secondary N) is 2. The Labute approximate surface area is 171 Å². The summed E-state index contributed by atoms with van der Waals surface area (Å²) in [7, 11) is 0. The number of ether oxygens (including phenoxy) is 1. The molecule has 4 rings (SSSR count). The molecule has 152 valence electrons. The van der Waals surface area contributed by atoms with Gasteiger partial charge in [-0.25, -0.2) is 4.68 Å². The van der Waals surface area contributed by atoms with Crippen LogP contribution in [0.2, 0.25) is 0 Å². The molecular formula is C20H28ClN5O2. The van der Waals surface area contributed by atoms with Crippen molar-refractivity contribution in [2.24, 2.45) is 0 Å². The van der Waals surface area contributed by atoms with Crippen LogP contribution in [-0.2, 0) is 0 Å². The van der Waals surface area contributed by atoms with Crippen LogP contribution in [0.15, 0.2) is 24.3 Å². The maximum absolute atomic E-state index is 13.0. The molecule has 0 saturated carbocycles. The molecule has 2 aromatic rings. The summed E-state index contributed by atoms with van der Waals surface area (Å²) in [6.45, 7) is 7.96. The second kappa shape index (κ2) is 8.09. The Balaban J connectivity index is 0.00000225. The first-order valence-electron chi connectivity index (χ1n) is 9.66. The highest BCUT2D eigenvalue weighted by molar-refractivity contribution is 5.93. The molecule has 2 aliphatic rings. The number of fused-ring (bicyclic) bond motifs is 1. The lowest BCUT2D eigenvalue weighted by Gasteiger charge is -2.37. The summed E-state index contributed by atoms with van der Waals surface area (Å²) in [5.74, 6) is 0.652. The van der Waals surface area contributed by atoms with Gasteiger partial charge in [0.15, 0.2) is 5.69 Å². The molecule has 0 bridgehead atoms. The molecular weight excluding hydrogens is 378 g/mol. The average Bonchev–Trinajstić information content (AvgIpc) is 3.03. The molecule has 1 aromatic heterocycles. The number of hydrogen-bond acceptors (Lipinski definition) is 5. The number of benzene rings is 1. The molecule has 1 fully saturated rings. The zero-order valence-electron chi connectivity index (χ0n) is 16.6. The van der Waals surface area contributed by atoms with E-state index < -0.39 is 0 Å². The van der Waals surface area contributed by atoms with E-state index in [1.807, 2.05) is 49.7 Å². The molecule has 8 heteroatoms. The lowest BCUT2D eigenvalue weighted by molar-refractivity contribution is 0.0618. The molecule has 7 nitrogen and oxygen atoms in total. The van der Waals surface area contributed by atoms with Gasteiger partial charge in [0, 0.05) is 12.0 Å². The lowest BCUT2D eigenvalue weighted by atomic mass is 9.89. The van der Waals surface area contributed by atoms with E-state index in [1.165, 1.54) is 0 Å². The summed E-state index contributed by atoms with van der Waals surface area (Å²) in [4.78, 5) is 13.0. The largest absolute Gasteiger partial charge is 0.487 e. The molecule has 1 saturated heterocycles. The number of carbonyl (C=O) groups excluding carboxylic acids is 1. The van der Waals surface area contributed by atoms with Crippen molar-refractivity contribution in [3.63, 3.8) is 0 Å². The van der Waals surface area contributed by atoms with Crippen LogP contribution in [0.1, 0.15) is 66.9 Å². The van der Waals surface area contributed by atoms with Crippen molar-refractivity contribution in [3.05, 3.63) is 41.2 Å². The first kappa shape index (κ1) is 20.6. The van der Waals surface area contributed by atoms with Crippen molar-refractivity contribution < 1.29 is 9.53 Å². The van der Waals surface area contributed by atoms with E-state index in [2.05, 4.69) is 20.9 Å². The number of carbonyl (C=O) groups is 1. The molecule has 1 unspecified atom stereocenters. The highest BCUT2D eigenvalue weighted by atomic mass is 35.5. The number of amides is 1. The first-order chi connectivity index (χ1) is 12.9. The predicted octanol–water partition coefficient (Wildman–Crippen LogP) is 2.97. The summed E-state index contributed by atoms with van der Waals surface area (Å²) in [5, 5.41) is 15.0. The molecule has 2 N–H and O–H groups in total. The van der Waals surface area contributed by atoms with Crippen LogP contribution in [0.3, 0.4) is 0 Å². The summed E-state index contributed by atoms with van der Waals surface area (Å²) >= 11 is 0. The van der Waals surface area contributed by atoms with Gasteiger partial charge in [-0.3, -0.25) is 4.79 Å². The van der Waals surface area contributed by atoms with Crippen LogP contribution in [0.25, 0.3) is 0 Å². The Bertz CT molecular complexity index is 845. The summed E-state index contributed by atoms with van der Waals surface area (Å²) in [6.07, 6.45) is 2.72. The Kier molecular flexibility index (Phi) is 5.95. The number of piperidine rings is 1. The SMILES string of the molecule is Cc1c(C(=O)NC2CC(C)(C)Oc3ccccc32)nnn1C1CCNCC1.Cl. The van der Waals surface area contributed by atoms with Crippen molar-refractivity contribution in [1.29, 1.82) is 0 Å². The van der Waals surface area contributed by atoms with Crippen LogP contribution in [0.5, 0.6) is 5.75 Å². The van der Waals surface area contributed by atoms with Crippen molar-refractivity contribution in [2.75, 3.05) is 13.1 Å². The van der Waals surface area contributed by atoms with Gasteiger partial charge in [-0.1, -0.05) is 23.4 Å². The van der Waals surface area contributed by atoms with E-state index in [0.29, 0.717) is 18.2 Å². The van der Waals surface area contributed by atoms with Crippen LogP contribution in [0, 0.1) is 6.92 Å². The second-order valence-corrected chi connectivity index (χ2v) is 8.08. The van der Waals surface area contributed by atoms with Crippen molar-refractivity contribution >= 4 is 18.3 Å². The Morgan fingerprint density at radius 2 is 2.00 bits per heavy atom. The minimum absolute atomic E-state index is 0. The van der Waals surface area contributed by atoms with Crippen molar-refractivity contribution in [1.82, 2.24) is 25.6 Å². The molecule has 1 amide bonds. The molecule has 0 spiro atoms. The normalized spacial score (nSPS) is 21.2. The van der Waals surface area contributed by atoms with E-state index in [-0.39, 0.29) is 30.0 Å². The van der Waals surface area contributed by atoms with Gasteiger partial charge < -0.3 is 15.4 Å². The van der Waals surface area contributed by atoms with E-state index in [4.69, 9.17) is 4.74 Å². The third-order valence-corrected chi connectivity index (χ3v) is 5.48. The van der Waals surface area contributed by atoms with E-state index in [9.17, 15) is 4.79 Å². The average molecular weight is 406 g/mol. The van der Waals surface area contributed by atoms with Gasteiger partial charge in [-0.2, -0.15) is 0 Å². The number of halogens is 1. The highest BCUT2D eigenvalue weighted by Gasteiger charge is 2.35. The minimum atomic E-state index is -0.339. The van der Waals surface area contributed by atoms with E-state index in [0.717, 1.165) is 42.9 Å². The molecule has 0 aliphatic carbocycles. The second-order valence-electron chi connectivity index (χ2n) is 8.08. The fraction of sp³-hybridized carbons (Fsp3) is 0.550. The predicted molar refractivity (Wildman–Crippen MR) is 109 cm³/mol. The third kappa shape index (κ3) is 4.00. The van der Waals surface area contributed by atoms with E-state index >= 15 is 0 Å². The zero-order chi connectivity index (χ0) is 19.0. The number of aromatic nitrogens is 3. The topological polar surface area (TPSA) is 81.1 Å². The van der Waals surface area contributed by atoms with Crippen molar-refractivity contribution in [3.8, 4) is 5.75 Å². The molecule has 3 heterocycles. The lowest BCUT2D eigenvalue weighted by Crippen LogP contribution is -2.41. The van der Waals surface area contributed by atoms with Gasteiger partial charge in [-0.05, 0) is 52.8 Å². The monoisotopic (exact) mass is 405 g/mol. The number of hydrogen-bond donors (Lipinski definition) is 2. The maximum atomic E-state index is 13.0. The van der Waals surface area contributed by atoms with Crippen LogP contribution in [0.4, 0.5) is 0 Å². The van der Waals surface area contributed by atoms with Crippen LogP contribution < -0.4 is 15.4 Å². The Morgan fingerprint density at radius 1 is 1.29 bits per heavy atom. The van der Waals surface area contributed by atoms with Crippen LogP contribution >= 0.6 is 12.4 Å². The summed E-state index contributed by atoms with van der Waals surface area (Å²) in [5.41, 5.74) is 1.91. The molecule has 28 heavy (non-hydrogen) atoms. The number of nitrogens with zero attached hydrogens (tertiary/aromatic N) is 3. The van der Waals surface area contributed by atoms with Gasteiger partial charge in [0.25, 0.3) is 5.91 Å². The molecule has 0 radical (unpaired) electrons. The Hall–Kier alpha value is -2.12. The number of para-hydroxylation sites is 1. The summed E-state index contributed by atoms with van der Waals surface area (Å²) < 4.78 is 7.97. The van der Waals surface area contributed by atoms with E-state index in [1.54, 1.807) is 0 Å². The summed E-state index contributed by atoms with van der Waals surface area (Å²) in [6, 6.07) is 8.08. The Morgan fingerprint density at radius 3 is 2.75 bits per heavy atom. The molecule has 1 atom stereocenters. The molecule has 2 aliphatic heterocycles. The standard InChI is InChI=1S/C20H27N5O2.ClH/c1-13-18(23-24-25(13)14-8-10-21-11-9-14)19(26)22-16-12-20(2,3)27-17-7-5-4-6-15(16)17;/h4-7,14,16,21H,8-12H2,1-3H3,(H,22,26);1H. The van der Waals surface area contributed by atoms with Gasteiger partial charge in [0.1, 0.15) is 11.4 Å². The minimum Gasteiger partial charge on any atom is -0.487 e. The van der Waals surface area contributed by atoms with Gasteiger partial charge in [-0.15, -0.1) is 17.5 Å². The fourth-order valence-electron chi connectivity index (χ4n) is 4.11. The quantitative estimate of drug-likeness (QED) is 0.820.